The minimum atomic E-state index is 0.573. The van der Waals surface area contributed by atoms with E-state index in [2.05, 4.69) is 24.3 Å². The third-order valence-corrected chi connectivity index (χ3v) is 3.01. The SMILES string of the molecule is [NH-]c1ccccc1-c1cccc2ccccc12. The molecular weight excluding hydrogens is 206 g/mol. The Morgan fingerprint density at radius 2 is 1.24 bits per heavy atom. The standard InChI is InChI=1S/C16H12N/c17-16-11-4-3-9-15(16)14-10-5-7-12-6-1-2-8-13(12)14/h1-11,17H/q-1. The average molecular weight is 218 g/mol. The number of benzene rings is 3. The molecule has 0 heterocycles. The molecular formula is C16H12N-. The smallest absolute Gasteiger partial charge is 0.0106 e. The van der Waals surface area contributed by atoms with Crippen LogP contribution < -0.4 is 0 Å². The van der Waals surface area contributed by atoms with Crippen molar-refractivity contribution in [2.75, 3.05) is 0 Å². The summed E-state index contributed by atoms with van der Waals surface area (Å²) in [6.45, 7) is 0. The molecule has 3 rings (SSSR count). The molecule has 0 bridgehead atoms. The van der Waals surface area contributed by atoms with Crippen molar-refractivity contribution in [1.82, 2.24) is 0 Å². The summed E-state index contributed by atoms with van der Waals surface area (Å²) in [5, 5.41) is 2.42. The molecule has 0 atom stereocenters. The summed E-state index contributed by atoms with van der Waals surface area (Å²) in [5.74, 6) is 0. The molecule has 17 heavy (non-hydrogen) atoms. The maximum atomic E-state index is 7.98. The molecule has 0 saturated heterocycles. The monoisotopic (exact) mass is 218 g/mol. The second-order valence-electron chi connectivity index (χ2n) is 4.07. The van der Waals surface area contributed by atoms with Crippen molar-refractivity contribution < 1.29 is 0 Å². The molecule has 3 aromatic carbocycles. The van der Waals surface area contributed by atoms with E-state index in [1.165, 1.54) is 10.8 Å². The van der Waals surface area contributed by atoms with Crippen molar-refractivity contribution in [2.24, 2.45) is 0 Å². The summed E-state index contributed by atoms with van der Waals surface area (Å²) in [4.78, 5) is 0. The zero-order valence-corrected chi connectivity index (χ0v) is 9.35. The molecule has 3 aromatic rings. The van der Waals surface area contributed by atoms with Crippen LogP contribution in [0.4, 0.5) is 5.69 Å². The number of fused-ring (bicyclic) bond motifs is 1. The van der Waals surface area contributed by atoms with Gasteiger partial charge in [0.05, 0.1) is 0 Å². The minimum Gasteiger partial charge on any atom is -0.698 e. The van der Waals surface area contributed by atoms with Gasteiger partial charge in [-0.25, -0.2) is 0 Å². The van der Waals surface area contributed by atoms with Crippen molar-refractivity contribution in [3.05, 3.63) is 72.5 Å². The van der Waals surface area contributed by atoms with Gasteiger partial charge in [0.15, 0.2) is 0 Å². The molecule has 0 aliphatic heterocycles. The topological polar surface area (TPSA) is 23.8 Å². The highest BCUT2D eigenvalue weighted by Crippen LogP contribution is 2.34. The normalized spacial score (nSPS) is 10.6. The van der Waals surface area contributed by atoms with Gasteiger partial charge in [0.1, 0.15) is 0 Å². The van der Waals surface area contributed by atoms with Crippen LogP contribution in [-0.2, 0) is 0 Å². The second kappa shape index (κ2) is 3.95. The zero-order valence-electron chi connectivity index (χ0n) is 9.35. The molecule has 0 unspecified atom stereocenters. The Labute approximate surface area is 101 Å². The largest absolute Gasteiger partial charge is 0.698 e. The third kappa shape index (κ3) is 1.66. The summed E-state index contributed by atoms with van der Waals surface area (Å²) in [7, 11) is 0. The first-order valence-electron chi connectivity index (χ1n) is 5.65. The first-order valence-corrected chi connectivity index (χ1v) is 5.65. The van der Waals surface area contributed by atoms with Gasteiger partial charge in [0.2, 0.25) is 0 Å². The van der Waals surface area contributed by atoms with Gasteiger partial charge in [-0.3, -0.25) is 0 Å². The van der Waals surface area contributed by atoms with Gasteiger partial charge in [-0.1, -0.05) is 66.7 Å². The van der Waals surface area contributed by atoms with Crippen LogP contribution in [0.15, 0.2) is 66.7 Å². The van der Waals surface area contributed by atoms with Gasteiger partial charge in [-0.2, -0.15) is 0 Å². The molecule has 0 saturated carbocycles. The highest BCUT2D eigenvalue weighted by atomic mass is 14.6. The molecule has 0 fully saturated rings. The van der Waals surface area contributed by atoms with Crippen LogP contribution in [0, 0.1) is 0 Å². The van der Waals surface area contributed by atoms with Gasteiger partial charge in [-0.05, 0) is 21.9 Å². The molecule has 0 aromatic heterocycles. The Balaban J connectivity index is 2.35. The first-order chi connectivity index (χ1) is 8.36. The lowest BCUT2D eigenvalue weighted by Crippen LogP contribution is -1.80. The van der Waals surface area contributed by atoms with Crippen LogP contribution >= 0.6 is 0 Å². The highest BCUT2D eigenvalue weighted by molar-refractivity contribution is 5.99. The lowest BCUT2D eigenvalue weighted by atomic mass is 9.97. The molecule has 1 heteroatoms. The Morgan fingerprint density at radius 3 is 2.12 bits per heavy atom. The van der Waals surface area contributed by atoms with Gasteiger partial charge >= 0.3 is 0 Å². The average Bonchev–Trinajstić information content (AvgIpc) is 2.39. The number of nitrogens with one attached hydrogen (secondary N) is 1. The zero-order chi connectivity index (χ0) is 11.7. The quantitative estimate of drug-likeness (QED) is 0.536. The van der Waals surface area contributed by atoms with Crippen molar-refractivity contribution in [2.45, 2.75) is 0 Å². The van der Waals surface area contributed by atoms with Gasteiger partial charge in [0.25, 0.3) is 0 Å². The molecule has 0 amide bonds. The molecule has 82 valence electrons. The molecule has 0 aliphatic rings. The summed E-state index contributed by atoms with van der Waals surface area (Å²) >= 11 is 0. The summed E-state index contributed by atoms with van der Waals surface area (Å²) < 4.78 is 0. The Hall–Kier alpha value is -2.28. The lowest BCUT2D eigenvalue weighted by Gasteiger charge is -2.13. The van der Waals surface area contributed by atoms with E-state index in [0.29, 0.717) is 5.69 Å². The van der Waals surface area contributed by atoms with Gasteiger partial charge in [-0.15, -0.1) is 5.69 Å². The van der Waals surface area contributed by atoms with Crippen LogP contribution in [-0.4, -0.2) is 0 Å². The van der Waals surface area contributed by atoms with Crippen molar-refractivity contribution in [3.63, 3.8) is 0 Å². The van der Waals surface area contributed by atoms with E-state index in [1.807, 2.05) is 42.5 Å². The molecule has 1 nitrogen and oxygen atoms in total. The fraction of sp³-hybridized carbons (Fsp3) is 0. The number of hydrogen-bond donors (Lipinski definition) is 0. The van der Waals surface area contributed by atoms with Crippen molar-refractivity contribution in [1.29, 1.82) is 0 Å². The van der Waals surface area contributed by atoms with E-state index in [0.717, 1.165) is 11.1 Å². The Kier molecular flexibility index (Phi) is 2.30. The van der Waals surface area contributed by atoms with E-state index in [4.69, 9.17) is 5.73 Å². The second-order valence-corrected chi connectivity index (χ2v) is 4.07. The van der Waals surface area contributed by atoms with E-state index in [9.17, 15) is 0 Å². The molecule has 0 aliphatic carbocycles. The van der Waals surface area contributed by atoms with E-state index >= 15 is 0 Å². The maximum absolute atomic E-state index is 7.98. The minimum absolute atomic E-state index is 0.573. The van der Waals surface area contributed by atoms with Gasteiger partial charge in [0, 0.05) is 0 Å². The van der Waals surface area contributed by atoms with Gasteiger partial charge < -0.3 is 5.73 Å². The van der Waals surface area contributed by atoms with Crippen LogP contribution in [0.25, 0.3) is 27.6 Å². The summed E-state index contributed by atoms with van der Waals surface area (Å²) in [6.07, 6.45) is 0. The first kappa shape index (κ1) is 9.91. The van der Waals surface area contributed by atoms with E-state index in [1.54, 1.807) is 0 Å². The summed E-state index contributed by atoms with van der Waals surface area (Å²) in [6, 6.07) is 22.2. The van der Waals surface area contributed by atoms with Crippen molar-refractivity contribution >= 4 is 16.5 Å². The van der Waals surface area contributed by atoms with Crippen LogP contribution in [0.3, 0.4) is 0 Å². The molecule has 0 radical (unpaired) electrons. The van der Waals surface area contributed by atoms with Crippen molar-refractivity contribution in [3.8, 4) is 11.1 Å². The van der Waals surface area contributed by atoms with Crippen LogP contribution in [0.2, 0.25) is 0 Å². The maximum Gasteiger partial charge on any atom is -0.0106 e. The van der Waals surface area contributed by atoms with E-state index in [-0.39, 0.29) is 0 Å². The third-order valence-electron chi connectivity index (χ3n) is 3.01. The van der Waals surface area contributed by atoms with E-state index < -0.39 is 0 Å². The molecule has 1 N–H and O–H groups in total. The predicted octanol–water partition coefficient (Wildman–Crippen LogP) is 5.19. The lowest BCUT2D eigenvalue weighted by molar-refractivity contribution is 1.66. The predicted molar refractivity (Wildman–Crippen MR) is 73.4 cm³/mol. The summed E-state index contributed by atoms with van der Waals surface area (Å²) in [5.41, 5.74) is 10.7. The number of rotatable bonds is 1. The Bertz CT molecular complexity index is 666. The fourth-order valence-electron chi connectivity index (χ4n) is 2.18. The fourth-order valence-corrected chi connectivity index (χ4v) is 2.18. The number of hydrogen-bond acceptors (Lipinski definition) is 0. The van der Waals surface area contributed by atoms with Crippen LogP contribution in [0.5, 0.6) is 0 Å². The highest BCUT2D eigenvalue weighted by Gasteiger charge is 2.02. The molecule has 0 spiro atoms. The Morgan fingerprint density at radius 1 is 0.588 bits per heavy atom. The van der Waals surface area contributed by atoms with Crippen LogP contribution in [0.1, 0.15) is 0 Å².